The third kappa shape index (κ3) is 3.14. The summed E-state index contributed by atoms with van der Waals surface area (Å²) >= 11 is 5.79. The summed E-state index contributed by atoms with van der Waals surface area (Å²) in [5, 5.41) is 47.3. The number of hydrogen-bond acceptors (Lipinski definition) is 6. The summed E-state index contributed by atoms with van der Waals surface area (Å²) in [6.45, 7) is 0. The Bertz CT molecular complexity index is 660. The molecule has 1 heterocycles. The Kier molecular flexibility index (Phi) is 4.45. The summed E-state index contributed by atoms with van der Waals surface area (Å²) in [6.07, 6.45) is -7.95. The third-order valence-corrected chi connectivity index (χ3v) is 3.23. The lowest BCUT2D eigenvalue weighted by Gasteiger charge is -2.23. The van der Waals surface area contributed by atoms with E-state index in [0.29, 0.717) is 16.1 Å². The Morgan fingerprint density at radius 3 is 2.48 bits per heavy atom. The van der Waals surface area contributed by atoms with Gasteiger partial charge >= 0.3 is 5.97 Å². The number of aromatic nitrogens is 2. The fraction of sp³-hybridized carbons (Fsp3) is 0.333. The van der Waals surface area contributed by atoms with E-state index in [1.165, 1.54) is 6.07 Å². The fourth-order valence-corrected chi connectivity index (χ4v) is 1.99. The molecule has 0 fully saturated rings. The van der Waals surface area contributed by atoms with Crippen LogP contribution in [0.5, 0.6) is 0 Å². The van der Waals surface area contributed by atoms with Crippen LogP contribution in [0.1, 0.15) is 11.9 Å². The van der Waals surface area contributed by atoms with Gasteiger partial charge in [0, 0.05) is 5.02 Å². The van der Waals surface area contributed by atoms with E-state index in [1.54, 1.807) is 12.1 Å². The topological polar surface area (TPSA) is 147 Å². The average Bonchev–Trinajstić information content (AvgIpc) is 2.86. The molecule has 2 aromatic rings. The molecule has 0 aliphatic heterocycles. The zero-order valence-corrected chi connectivity index (χ0v) is 11.3. The van der Waals surface area contributed by atoms with Gasteiger partial charge in [0.15, 0.2) is 6.10 Å². The SMILES string of the molecule is O=C(O)C(O)[C@@H](O)C(O)[C@H](O)c1nc2cc(Cl)ccc2[nH]1. The van der Waals surface area contributed by atoms with Crippen molar-refractivity contribution in [2.75, 3.05) is 0 Å². The number of nitrogens with one attached hydrogen (secondary N) is 1. The van der Waals surface area contributed by atoms with Crippen molar-refractivity contribution in [3.05, 3.63) is 29.0 Å². The average molecular weight is 317 g/mol. The first-order chi connectivity index (χ1) is 9.81. The van der Waals surface area contributed by atoms with Gasteiger partial charge < -0.3 is 30.5 Å². The standard InChI is InChI=1S/C12H13ClN2O6/c13-4-1-2-5-6(3-4)15-11(14-5)9(18)7(16)8(17)10(19)12(20)21/h1-3,7-10,16-19H,(H,14,15)(H,20,21)/t7?,8-,9-,10?/m0/s1. The molecule has 114 valence electrons. The van der Waals surface area contributed by atoms with Gasteiger partial charge in [0.2, 0.25) is 0 Å². The van der Waals surface area contributed by atoms with E-state index in [-0.39, 0.29) is 5.82 Å². The molecule has 0 aliphatic carbocycles. The van der Waals surface area contributed by atoms with E-state index < -0.39 is 30.4 Å². The van der Waals surface area contributed by atoms with Crippen molar-refractivity contribution < 1.29 is 30.3 Å². The van der Waals surface area contributed by atoms with Crippen molar-refractivity contribution >= 4 is 28.6 Å². The summed E-state index contributed by atoms with van der Waals surface area (Å²) in [7, 11) is 0. The molecule has 2 unspecified atom stereocenters. The molecule has 0 saturated carbocycles. The molecule has 0 radical (unpaired) electrons. The first-order valence-electron chi connectivity index (χ1n) is 5.91. The van der Waals surface area contributed by atoms with Gasteiger partial charge in [-0.3, -0.25) is 0 Å². The van der Waals surface area contributed by atoms with Crippen molar-refractivity contribution in [1.29, 1.82) is 0 Å². The second-order valence-electron chi connectivity index (χ2n) is 4.49. The van der Waals surface area contributed by atoms with E-state index in [9.17, 15) is 20.1 Å². The van der Waals surface area contributed by atoms with Crippen LogP contribution in [-0.2, 0) is 4.79 Å². The van der Waals surface area contributed by atoms with Crippen LogP contribution in [0.15, 0.2) is 18.2 Å². The molecule has 1 aromatic carbocycles. The maximum absolute atomic E-state index is 10.5. The molecule has 4 atom stereocenters. The number of aliphatic hydroxyl groups is 4. The molecule has 0 spiro atoms. The second-order valence-corrected chi connectivity index (χ2v) is 4.93. The summed E-state index contributed by atoms with van der Waals surface area (Å²) in [5.74, 6) is -1.80. The number of aromatic amines is 1. The molecule has 9 heteroatoms. The van der Waals surface area contributed by atoms with Crippen LogP contribution >= 0.6 is 11.6 Å². The highest BCUT2D eigenvalue weighted by Gasteiger charge is 2.36. The molecule has 0 aliphatic rings. The van der Waals surface area contributed by atoms with Gasteiger partial charge in [-0.1, -0.05) is 11.6 Å². The number of aliphatic hydroxyl groups excluding tert-OH is 4. The molecular formula is C12H13ClN2O6. The predicted molar refractivity (Wildman–Crippen MR) is 71.7 cm³/mol. The summed E-state index contributed by atoms with van der Waals surface area (Å²) < 4.78 is 0. The normalized spacial score (nSPS) is 17.4. The Morgan fingerprint density at radius 2 is 1.86 bits per heavy atom. The number of carbonyl (C=O) groups is 1. The van der Waals surface area contributed by atoms with Crippen molar-refractivity contribution in [1.82, 2.24) is 9.97 Å². The van der Waals surface area contributed by atoms with E-state index in [2.05, 4.69) is 9.97 Å². The number of aliphatic carboxylic acids is 1. The maximum atomic E-state index is 10.5. The van der Waals surface area contributed by atoms with Crippen molar-refractivity contribution in [3.63, 3.8) is 0 Å². The highest BCUT2D eigenvalue weighted by atomic mass is 35.5. The van der Waals surface area contributed by atoms with Gasteiger partial charge in [0.05, 0.1) is 11.0 Å². The van der Waals surface area contributed by atoms with Crippen molar-refractivity contribution in [2.24, 2.45) is 0 Å². The zero-order valence-electron chi connectivity index (χ0n) is 10.5. The highest BCUT2D eigenvalue weighted by Crippen LogP contribution is 2.23. The van der Waals surface area contributed by atoms with Crippen LogP contribution in [0.3, 0.4) is 0 Å². The van der Waals surface area contributed by atoms with Crippen LogP contribution in [0.2, 0.25) is 5.02 Å². The lowest BCUT2D eigenvalue weighted by molar-refractivity contribution is -0.163. The van der Waals surface area contributed by atoms with E-state index in [4.69, 9.17) is 21.8 Å². The Morgan fingerprint density at radius 1 is 1.19 bits per heavy atom. The molecule has 21 heavy (non-hydrogen) atoms. The van der Waals surface area contributed by atoms with E-state index in [1.807, 2.05) is 0 Å². The Hall–Kier alpha value is -1.71. The van der Waals surface area contributed by atoms with Crippen molar-refractivity contribution in [3.8, 4) is 0 Å². The number of hydrogen-bond donors (Lipinski definition) is 6. The largest absolute Gasteiger partial charge is 0.479 e. The van der Waals surface area contributed by atoms with E-state index >= 15 is 0 Å². The van der Waals surface area contributed by atoms with E-state index in [0.717, 1.165) is 0 Å². The third-order valence-electron chi connectivity index (χ3n) is 2.99. The number of carboxylic acid groups (broad SMARTS) is 1. The quantitative estimate of drug-likeness (QED) is 0.432. The Labute approximate surface area is 123 Å². The first-order valence-corrected chi connectivity index (χ1v) is 6.29. The number of halogens is 1. The Balaban J connectivity index is 2.24. The summed E-state index contributed by atoms with van der Waals surface area (Å²) in [4.78, 5) is 17.2. The number of imidazole rings is 1. The molecule has 0 saturated heterocycles. The van der Waals surface area contributed by atoms with Gasteiger partial charge in [-0.05, 0) is 18.2 Å². The highest BCUT2D eigenvalue weighted by molar-refractivity contribution is 6.31. The van der Waals surface area contributed by atoms with Gasteiger partial charge in [-0.15, -0.1) is 0 Å². The van der Waals surface area contributed by atoms with Crippen LogP contribution in [0, 0.1) is 0 Å². The molecule has 2 rings (SSSR count). The molecule has 0 amide bonds. The van der Waals surface area contributed by atoms with Gasteiger partial charge in [0.25, 0.3) is 0 Å². The lowest BCUT2D eigenvalue weighted by atomic mass is 10.0. The number of carboxylic acids is 1. The number of H-pyrrole nitrogens is 1. The van der Waals surface area contributed by atoms with Crippen LogP contribution in [-0.4, -0.2) is 59.8 Å². The minimum Gasteiger partial charge on any atom is -0.479 e. The molecular weight excluding hydrogens is 304 g/mol. The lowest BCUT2D eigenvalue weighted by Crippen LogP contribution is -2.45. The van der Waals surface area contributed by atoms with Crippen LogP contribution < -0.4 is 0 Å². The van der Waals surface area contributed by atoms with Gasteiger partial charge in [-0.25, -0.2) is 9.78 Å². The number of rotatable bonds is 5. The van der Waals surface area contributed by atoms with Crippen molar-refractivity contribution in [2.45, 2.75) is 24.4 Å². The van der Waals surface area contributed by atoms with Gasteiger partial charge in [0.1, 0.15) is 24.1 Å². The number of benzene rings is 1. The number of fused-ring (bicyclic) bond motifs is 1. The summed E-state index contributed by atoms with van der Waals surface area (Å²) in [6, 6.07) is 4.73. The molecule has 0 bridgehead atoms. The number of nitrogens with zero attached hydrogens (tertiary/aromatic N) is 1. The molecule has 6 N–H and O–H groups in total. The smallest absolute Gasteiger partial charge is 0.335 e. The van der Waals surface area contributed by atoms with Gasteiger partial charge in [-0.2, -0.15) is 0 Å². The second kappa shape index (κ2) is 5.96. The predicted octanol–water partition coefficient (Wildman–Crippen LogP) is -0.583. The maximum Gasteiger partial charge on any atom is 0.335 e. The minimum atomic E-state index is -2.23. The first kappa shape index (κ1) is 15.7. The molecule has 1 aromatic heterocycles. The zero-order chi connectivity index (χ0) is 15.7. The van der Waals surface area contributed by atoms with Crippen LogP contribution in [0.25, 0.3) is 11.0 Å². The monoisotopic (exact) mass is 316 g/mol. The molecule has 8 nitrogen and oxygen atoms in total. The summed E-state index contributed by atoms with van der Waals surface area (Å²) in [5.41, 5.74) is 0.964. The minimum absolute atomic E-state index is 0.0867. The van der Waals surface area contributed by atoms with Crippen LogP contribution in [0.4, 0.5) is 0 Å². The fourth-order valence-electron chi connectivity index (χ4n) is 1.82.